The van der Waals surface area contributed by atoms with Crippen LogP contribution in [-0.4, -0.2) is 29.9 Å². The van der Waals surface area contributed by atoms with Gasteiger partial charge in [-0.3, -0.25) is 0 Å². The van der Waals surface area contributed by atoms with Crippen LogP contribution in [0.15, 0.2) is 60.7 Å². The Morgan fingerprint density at radius 1 is 1.07 bits per heavy atom. The average molecular weight is 513 g/mol. The van der Waals surface area contributed by atoms with Crippen LogP contribution in [0.1, 0.15) is 28.2 Å². The summed E-state index contributed by atoms with van der Waals surface area (Å²) in [6, 6.07) is 20.0. The summed E-state index contributed by atoms with van der Waals surface area (Å²) >= 11 is 2.11. The average Bonchev–Trinajstić information content (AvgIpc) is 3.06. The van der Waals surface area contributed by atoms with Crippen molar-refractivity contribution in [3.05, 3.63) is 86.5 Å². The van der Waals surface area contributed by atoms with Crippen molar-refractivity contribution in [1.29, 1.82) is 0 Å². The third-order valence-corrected chi connectivity index (χ3v) is 6.19. The molecule has 152 valence electrons. The van der Waals surface area contributed by atoms with Crippen molar-refractivity contribution in [2.24, 2.45) is 0 Å². The van der Waals surface area contributed by atoms with Gasteiger partial charge >= 0.3 is 13.2 Å². The van der Waals surface area contributed by atoms with E-state index in [1.807, 2.05) is 30.3 Å². The molecule has 0 aromatic heterocycles. The van der Waals surface area contributed by atoms with Crippen LogP contribution >= 0.6 is 22.6 Å². The molecular weight excluding hydrogens is 492 g/mol. The zero-order chi connectivity index (χ0) is 21.3. The van der Waals surface area contributed by atoms with E-state index in [-0.39, 0.29) is 19.1 Å². The van der Waals surface area contributed by atoms with E-state index in [2.05, 4.69) is 52.2 Å². The fourth-order valence-electron chi connectivity index (χ4n) is 4.03. The van der Waals surface area contributed by atoms with Crippen molar-refractivity contribution in [3.8, 4) is 11.1 Å². The molecule has 1 aliphatic carbocycles. The van der Waals surface area contributed by atoms with Crippen molar-refractivity contribution in [3.63, 3.8) is 0 Å². The summed E-state index contributed by atoms with van der Waals surface area (Å²) in [6.45, 7) is 2.31. The number of ether oxygens (including phenoxy) is 1. The van der Waals surface area contributed by atoms with Gasteiger partial charge in [-0.2, -0.15) is 0 Å². The van der Waals surface area contributed by atoms with Gasteiger partial charge in [-0.05, 0) is 80.5 Å². The lowest BCUT2D eigenvalue weighted by molar-refractivity contribution is 0.142. The van der Waals surface area contributed by atoms with Crippen LogP contribution in [0.3, 0.4) is 0 Å². The molecule has 4 rings (SSSR count). The predicted octanol–water partition coefficient (Wildman–Crippen LogP) is 3.32. The third kappa shape index (κ3) is 4.10. The molecule has 0 heterocycles. The fourth-order valence-corrected chi connectivity index (χ4v) is 4.74. The van der Waals surface area contributed by atoms with Gasteiger partial charge in [-0.1, -0.05) is 48.5 Å². The van der Waals surface area contributed by atoms with Crippen LogP contribution in [0.25, 0.3) is 11.1 Å². The molecule has 3 aromatic rings. The first-order chi connectivity index (χ1) is 14.5. The van der Waals surface area contributed by atoms with E-state index in [1.54, 1.807) is 13.0 Å². The molecule has 0 atom stereocenters. The van der Waals surface area contributed by atoms with Crippen molar-refractivity contribution in [2.75, 3.05) is 6.61 Å². The van der Waals surface area contributed by atoms with Crippen molar-refractivity contribution in [2.45, 2.75) is 19.4 Å². The minimum Gasteiger partial charge on any atom is -0.449 e. The number of fused-ring (bicyclic) bond motifs is 3. The molecule has 1 amide bonds. The molecule has 30 heavy (non-hydrogen) atoms. The molecule has 7 heteroatoms. The number of nitrogens with one attached hydrogen (secondary N) is 1. The topological polar surface area (TPSA) is 78.8 Å². The van der Waals surface area contributed by atoms with Crippen LogP contribution in [0.4, 0.5) is 4.79 Å². The summed E-state index contributed by atoms with van der Waals surface area (Å²) in [7, 11) is -1.55. The van der Waals surface area contributed by atoms with E-state index in [0.717, 1.165) is 14.7 Å². The maximum Gasteiger partial charge on any atom is 0.488 e. The van der Waals surface area contributed by atoms with Crippen molar-refractivity contribution in [1.82, 2.24) is 5.32 Å². The lowest BCUT2D eigenvalue weighted by Crippen LogP contribution is -2.34. The second-order valence-electron chi connectivity index (χ2n) is 7.33. The number of carbonyl (C=O) groups excluding carboxylic acids is 1. The van der Waals surface area contributed by atoms with Gasteiger partial charge in [0.15, 0.2) is 0 Å². The van der Waals surface area contributed by atoms with E-state index >= 15 is 0 Å². The normalized spacial score (nSPS) is 12.3. The third-order valence-electron chi connectivity index (χ3n) is 5.57. The quantitative estimate of drug-likeness (QED) is 0.362. The smallest absolute Gasteiger partial charge is 0.449 e. The summed E-state index contributed by atoms with van der Waals surface area (Å²) in [5.41, 5.74) is 6.70. The number of alkyl carbamates (subject to hydrolysis) is 1. The van der Waals surface area contributed by atoms with Gasteiger partial charge in [0.2, 0.25) is 0 Å². The van der Waals surface area contributed by atoms with Crippen LogP contribution in [0, 0.1) is 10.5 Å². The highest BCUT2D eigenvalue weighted by Crippen LogP contribution is 2.44. The van der Waals surface area contributed by atoms with Gasteiger partial charge < -0.3 is 20.1 Å². The van der Waals surface area contributed by atoms with E-state index in [4.69, 9.17) is 4.74 Å². The van der Waals surface area contributed by atoms with Crippen molar-refractivity contribution >= 4 is 41.3 Å². The minimum atomic E-state index is -1.55. The summed E-state index contributed by atoms with van der Waals surface area (Å²) in [5.74, 6) is 0.0127. The summed E-state index contributed by atoms with van der Waals surface area (Å²) < 4.78 is 6.42. The Morgan fingerprint density at radius 3 is 2.27 bits per heavy atom. The maximum atomic E-state index is 12.4. The molecule has 0 spiro atoms. The molecule has 0 fully saturated rings. The van der Waals surface area contributed by atoms with Crippen LogP contribution < -0.4 is 10.8 Å². The molecule has 1 aliphatic rings. The fraction of sp³-hybridized carbons (Fsp3) is 0.174. The number of hydrogen-bond acceptors (Lipinski definition) is 4. The summed E-state index contributed by atoms with van der Waals surface area (Å²) in [5, 5.41) is 21.9. The number of benzene rings is 3. The summed E-state index contributed by atoms with van der Waals surface area (Å²) in [4.78, 5) is 12.4. The molecule has 3 aromatic carbocycles. The van der Waals surface area contributed by atoms with Crippen LogP contribution in [0.5, 0.6) is 0 Å². The Balaban J connectivity index is 1.43. The van der Waals surface area contributed by atoms with E-state index < -0.39 is 13.2 Å². The number of halogens is 1. The molecule has 0 saturated carbocycles. The van der Waals surface area contributed by atoms with Gasteiger partial charge in [0.05, 0.1) is 0 Å². The Labute approximate surface area is 189 Å². The minimum absolute atomic E-state index is 0.0127. The molecule has 0 unspecified atom stereocenters. The monoisotopic (exact) mass is 513 g/mol. The van der Waals surface area contributed by atoms with E-state index in [1.165, 1.54) is 22.3 Å². The number of rotatable bonds is 5. The first-order valence-electron chi connectivity index (χ1n) is 9.69. The predicted molar refractivity (Wildman–Crippen MR) is 126 cm³/mol. The lowest BCUT2D eigenvalue weighted by Gasteiger charge is -2.16. The molecule has 0 aliphatic heterocycles. The Hall–Kier alpha value is -2.36. The van der Waals surface area contributed by atoms with Gasteiger partial charge in [-0.15, -0.1) is 0 Å². The first-order valence-corrected chi connectivity index (χ1v) is 10.8. The number of carbonyl (C=O) groups is 1. The highest BCUT2D eigenvalue weighted by molar-refractivity contribution is 14.1. The standard InChI is InChI=1S/C23H21BINO4/c1-14-15(10-16(25)11-22(14)24(28)29)12-26-23(27)30-13-21-19-8-4-2-6-17(19)18-7-3-5-9-20(18)21/h2-11,21,28-29H,12-13H2,1H3,(H,26,27). The molecule has 0 radical (unpaired) electrons. The molecule has 0 saturated heterocycles. The van der Waals surface area contributed by atoms with Crippen LogP contribution in [0.2, 0.25) is 0 Å². The van der Waals surface area contributed by atoms with Gasteiger partial charge in [0.1, 0.15) is 6.61 Å². The van der Waals surface area contributed by atoms with Gasteiger partial charge in [0.25, 0.3) is 0 Å². The molecular formula is C23H21BINO4. The molecule has 0 bridgehead atoms. The maximum absolute atomic E-state index is 12.4. The van der Waals surface area contributed by atoms with Gasteiger partial charge in [0, 0.05) is 16.0 Å². The zero-order valence-corrected chi connectivity index (χ0v) is 18.6. The second-order valence-corrected chi connectivity index (χ2v) is 8.58. The molecule has 5 nitrogen and oxygen atoms in total. The van der Waals surface area contributed by atoms with Crippen LogP contribution in [-0.2, 0) is 11.3 Å². The van der Waals surface area contributed by atoms with E-state index in [9.17, 15) is 14.8 Å². The van der Waals surface area contributed by atoms with Gasteiger partial charge in [-0.25, -0.2) is 4.79 Å². The Bertz CT molecular complexity index is 1060. The number of amides is 1. The zero-order valence-electron chi connectivity index (χ0n) is 16.4. The second kappa shape index (κ2) is 8.79. The SMILES string of the molecule is Cc1c(CNC(=O)OCC2c3ccccc3-c3ccccc32)cc(I)cc1B(O)O. The number of hydrogen-bond donors (Lipinski definition) is 3. The Morgan fingerprint density at radius 2 is 1.67 bits per heavy atom. The highest BCUT2D eigenvalue weighted by Gasteiger charge is 2.29. The molecule has 3 N–H and O–H groups in total. The lowest BCUT2D eigenvalue weighted by atomic mass is 9.76. The summed E-state index contributed by atoms with van der Waals surface area (Å²) in [6.07, 6.45) is -0.499. The Kier molecular flexibility index (Phi) is 6.12. The highest BCUT2D eigenvalue weighted by atomic mass is 127. The first kappa shape index (κ1) is 20.9. The van der Waals surface area contributed by atoms with Crippen molar-refractivity contribution < 1.29 is 19.6 Å². The largest absolute Gasteiger partial charge is 0.488 e. The van der Waals surface area contributed by atoms with E-state index in [0.29, 0.717) is 5.46 Å².